The Balaban J connectivity index is 2.04. The van der Waals surface area contributed by atoms with Gasteiger partial charge in [-0.05, 0) is 32.3 Å². The number of benzene rings is 1. The molecular formula is C22H29N3O5S. The number of thiazole rings is 1. The number of alkyl carbamates (subject to hydrolysis) is 1. The van der Waals surface area contributed by atoms with Crippen LogP contribution in [0.3, 0.4) is 0 Å². The normalized spacial score (nSPS) is 12.2. The quantitative estimate of drug-likeness (QED) is 0.587. The van der Waals surface area contributed by atoms with E-state index < -0.39 is 29.6 Å². The highest BCUT2D eigenvalue weighted by molar-refractivity contribution is 7.15. The lowest BCUT2D eigenvalue weighted by Gasteiger charge is -2.22. The minimum absolute atomic E-state index is 0.0741. The lowest BCUT2D eigenvalue weighted by molar-refractivity contribution is -0.146. The first-order valence-electron chi connectivity index (χ1n) is 9.99. The maximum absolute atomic E-state index is 12.8. The fraction of sp³-hybridized carbons (Fsp3) is 0.455. The van der Waals surface area contributed by atoms with Crippen LogP contribution in [-0.2, 0) is 25.7 Å². The maximum atomic E-state index is 12.8. The molecule has 1 atom stereocenters. The molecule has 1 aromatic heterocycles. The number of amides is 2. The molecule has 0 unspecified atom stereocenters. The molecule has 31 heavy (non-hydrogen) atoms. The Morgan fingerprint density at radius 2 is 1.81 bits per heavy atom. The highest BCUT2D eigenvalue weighted by Gasteiger charge is 2.28. The highest BCUT2D eigenvalue weighted by Crippen LogP contribution is 2.25. The minimum Gasteiger partial charge on any atom is -0.461 e. The summed E-state index contributed by atoms with van der Waals surface area (Å²) in [6.45, 7) is 9.24. The van der Waals surface area contributed by atoms with Gasteiger partial charge in [0.05, 0.1) is 6.42 Å². The molecule has 2 rings (SSSR count). The molecule has 2 aromatic rings. The zero-order chi connectivity index (χ0) is 23.0. The van der Waals surface area contributed by atoms with Gasteiger partial charge in [0.1, 0.15) is 18.2 Å². The third-order valence-electron chi connectivity index (χ3n) is 3.94. The van der Waals surface area contributed by atoms with Gasteiger partial charge in [0.15, 0.2) is 5.13 Å². The van der Waals surface area contributed by atoms with Crippen LogP contribution < -0.4 is 10.6 Å². The van der Waals surface area contributed by atoms with E-state index in [1.54, 1.807) is 27.0 Å². The molecule has 2 amide bonds. The molecular weight excluding hydrogens is 418 g/mol. The second-order valence-corrected chi connectivity index (χ2v) is 9.32. The van der Waals surface area contributed by atoms with E-state index in [9.17, 15) is 14.4 Å². The first-order chi connectivity index (χ1) is 14.5. The summed E-state index contributed by atoms with van der Waals surface area (Å²) < 4.78 is 10.5. The topological polar surface area (TPSA) is 107 Å². The van der Waals surface area contributed by atoms with Crippen LogP contribution >= 0.6 is 11.3 Å². The Morgan fingerprint density at radius 3 is 2.39 bits per heavy atom. The molecule has 0 saturated carbocycles. The van der Waals surface area contributed by atoms with E-state index in [1.165, 1.54) is 11.3 Å². The van der Waals surface area contributed by atoms with Crippen molar-refractivity contribution in [1.82, 2.24) is 10.3 Å². The molecule has 0 aliphatic heterocycles. The number of rotatable bonds is 8. The first-order valence-corrected chi connectivity index (χ1v) is 10.8. The van der Waals surface area contributed by atoms with Gasteiger partial charge in [0.25, 0.3) is 0 Å². The lowest BCUT2D eigenvalue weighted by atomic mass is 10.2. The second kappa shape index (κ2) is 10.9. The molecule has 0 aliphatic rings. The summed E-state index contributed by atoms with van der Waals surface area (Å²) in [4.78, 5) is 42.5. The molecule has 9 heteroatoms. The van der Waals surface area contributed by atoms with Gasteiger partial charge in [-0.15, -0.1) is 11.3 Å². The summed E-state index contributed by atoms with van der Waals surface area (Å²) in [7, 11) is 0. The van der Waals surface area contributed by atoms with Crippen LogP contribution in [0.2, 0.25) is 0 Å². The number of hydrogen-bond acceptors (Lipinski definition) is 7. The second-order valence-electron chi connectivity index (χ2n) is 8.26. The van der Waals surface area contributed by atoms with Crippen LogP contribution in [0.15, 0.2) is 36.5 Å². The number of hydrogen-bond donors (Lipinski definition) is 2. The third-order valence-corrected chi connectivity index (χ3v) is 5.16. The first kappa shape index (κ1) is 24.3. The number of carbonyl (C=O) groups is 3. The summed E-state index contributed by atoms with van der Waals surface area (Å²) in [5.41, 5.74) is 0.0707. The highest BCUT2D eigenvalue weighted by atomic mass is 32.1. The number of nitrogens with zero attached hydrogens (tertiary/aromatic N) is 1. The van der Waals surface area contributed by atoms with E-state index in [1.807, 2.05) is 44.2 Å². The van der Waals surface area contributed by atoms with Crippen LogP contribution in [0.1, 0.15) is 57.4 Å². The van der Waals surface area contributed by atoms with E-state index in [-0.39, 0.29) is 18.9 Å². The van der Waals surface area contributed by atoms with Crippen LogP contribution in [0.4, 0.5) is 9.93 Å². The summed E-state index contributed by atoms with van der Waals surface area (Å²) in [5.74, 6) is -0.930. The van der Waals surface area contributed by atoms with Gasteiger partial charge in [0, 0.05) is 11.1 Å². The minimum atomic E-state index is -1.18. The third kappa shape index (κ3) is 8.75. The molecule has 1 aromatic carbocycles. The summed E-state index contributed by atoms with van der Waals surface area (Å²) in [5, 5.41) is 5.50. The zero-order valence-electron chi connectivity index (χ0n) is 18.4. The molecule has 0 aliphatic carbocycles. The van der Waals surface area contributed by atoms with Crippen molar-refractivity contribution in [1.29, 1.82) is 0 Å². The Bertz CT molecular complexity index is 890. The fourth-order valence-corrected chi connectivity index (χ4v) is 3.25. The molecule has 1 heterocycles. The van der Waals surface area contributed by atoms with E-state index in [0.717, 1.165) is 10.4 Å². The van der Waals surface area contributed by atoms with Gasteiger partial charge in [-0.3, -0.25) is 9.59 Å². The monoisotopic (exact) mass is 447 g/mol. The number of aromatic nitrogens is 1. The summed E-state index contributed by atoms with van der Waals surface area (Å²) in [6.07, 6.45) is 0.543. The van der Waals surface area contributed by atoms with Gasteiger partial charge >= 0.3 is 12.1 Å². The Kier molecular flexibility index (Phi) is 8.56. The fourth-order valence-electron chi connectivity index (χ4n) is 2.43. The number of anilines is 1. The molecule has 2 N–H and O–H groups in total. The van der Waals surface area contributed by atoms with Crippen molar-refractivity contribution in [2.75, 3.05) is 5.32 Å². The molecule has 168 valence electrons. The van der Waals surface area contributed by atoms with Crippen molar-refractivity contribution in [3.63, 3.8) is 0 Å². The van der Waals surface area contributed by atoms with E-state index in [4.69, 9.17) is 9.47 Å². The van der Waals surface area contributed by atoms with Crippen LogP contribution in [0.25, 0.3) is 0 Å². The van der Waals surface area contributed by atoms with Crippen molar-refractivity contribution < 1.29 is 23.9 Å². The Hall–Kier alpha value is -2.94. The van der Waals surface area contributed by atoms with Gasteiger partial charge in [0.2, 0.25) is 5.91 Å². The summed E-state index contributed by atoms with van der Waals surface area (Å²) >= 11 is 1.34. The number of nitrogens with one attached hydrogen (secondary N) is 2. The largest absolute Gasteiger partial charge is 0.461 e. The summed E-state index contributed by atoms with van der Waals surface area (Å²) in [6, 6.07) is 8.01. The SMILES string of the molecule is CC(C)c1cnc(NC(=O)[C@H](CC(=O)OCc2ccccc2)NC(=O)OC(C)(C)C)s1. The van der Waals surface area contributed by atoms with Crippen LogP contribution in [-0.4, -0.2) is 34.6 Å². The zero-order valence-corrected chi connectivity index (χ0v) is 19.2. The number of esters is 1. The van der Waals surface area contributed by atoms with Crippen LogP contribution in [0, 0.1) is 0 Å². The molecule has 0 radical (unpaired) electrons. The number of carbonyl (C=O) groups excluding carboxylic acids is 3. The van der Waals surface area contributed by atoms with E-state index in [0.29, 0.717) is 5.13 Å². The van der Waals surface area contributed by atoms with E-state index in [2.05, 4.69) is 15.6 Å². The van der Waals surface area contributed by atoms with Crippen molar-refractivity contribution in [3.05, 3.63) is 47.0 Å². The standard InChI is InChI=1S/C22H29N3O5S/c1-14(2)17-12-23-20(31-17)25-19(27)16(24-21(28)30-22(3,4)5)11-18(26)29-13-15-9-7-6-8-10-15/h6-10,12,14,16H,11,13H2,1-5H3,(H,24,28)(H,23,25,27)/t16-/m0/s1. The Labute approximate surface area is 186 Å². The van der Waals surface area contributed by atoms with E-state index >= 15 is 0 Å². The number of ether oxygens (including phenoxy) is 2. The van der Waals surface area contributed by atoms with Crippen LogP contribution in [0.5, 0.6) is 0 Å². The van der Waals surface area contributed by atoms with Crippen molar-refractivity contribution in [2.24, 2.45) is 0 Å². The molecule has 0 spiro atoms. The molecule has 0 bridgehead atoms. The van der Waals surface area contributed by atoms with Gasteiger partial charge in [-0.25, -0.2) is 9.78 Å². The predicted octanol–water partition coefficient (Wildman–Crippen LogP) is 4.23. The van der Waals surface area contributed by atoms with Gasteiger partial charge < -0.3 is 20.1 Å². The van der Waals surface area contributed by atoms with Crippen molar-refractivity contribution >= 4 is 34.4 Å². The lowest BCUT2D eigenvalue weighted by Crippen LogP contribution is -2.47. The smallest absolute Gasteiger partial charge is 0.408 e. The average Bonchev–Trinajstić information content (AvgIpc) is 3.14. The van der Waals surface area contributed by atoms with Crippen molar-refractivity contribution in [2.45, 2.75) is 65.2 Å². The van der Waals surface area contributed by atoms with Gasteiger partial charge in [-0.2, -0.15) is 0 Å². The average molecular weight is 448 g/mol. The molecule has 8 nitrogen and oxygen atoms in total. The predicted molar refractivity (Wildman–Crippen MR) is 119 cm³/mol. The molecule has 0 fully saturated rings. The van der Waals surface area contributed by atoms with Gasteiger partial charge in [-0.1, -0.05) is 44.2 Å². The van der Waals surface area contributed by atoms with Crippen molar-refractivity contribution in [3.8, 4) is 0 Å². The Morgan fingerprint density at radius 1 is 1.13 bits per heavy atom. The molecule has 0 saturated heterocycles. The maximum Gasteiger partial charge on any atom is 0.408 e.